The summed E-state index contributed by atoms with van der Waals surface area (Å²) in [6.45, 7) is 0.350. The number of carbonyl (C=O) groups is 2. The number of likely N-dealkylation sites (tertiary alicyclic amines) is 1. The Hall–Kier alpha value is -3.26. The van der Waals surface area contributed by atoms with Gasteiger partial charge in [-0.25, -0.2) is 9.78 Å². The van der Waals surface area contributed by atoms with Crippen molar-refractivity contribution in [3.05, 3.63) is 70.8 Å². The van der Waals surface area contributed by atoms with Gasteiger partial charge in [-0.3, -0.25) is 9.78 Å². The smallest absolute Gasteiger partial charge is 0.344 e. The fourth-order valence-corrected chi connectivity index (χ4v) is 4.15. The largest absolute Gasteiger partial charge is 0.452 e. The molecule has 148 valence electrons. The summed E-state index contributed by atoms with van der Waals surface area (Å²) in [6, 6.07) is 10.7. The molecule has 0 bridgehead atoms. The van der Waals surface area contributed by atoms with E-state index in [1.165, 1.54) is 12.4 Å². The Bertz CT molecular complexity index is 979. The van der Waals surface area contributed by atoms with Crippen LogP contribution in [0.4, 0.5) is 0 Å². The lowest BCUT2D eigenvalue weighted by Crippen LogP contribution is -2.34. The van der Waals surface area contributed by atoms with Crippen molar-refractivity contribution in [3.8, 4) is 11.6 Å². The molecule has 4 rings (SSSR count). The van der Waals surface area contributed by atoms with Crippen LogP contribution in [0, 0.1) is 0 Å². The monoisotopic (exact) mass is 409 g/mol. The minimum absolute atomic E-state index is 0.0593. The molecule has 0 aromatic carbocycles. The van der Waals surface area contributed by atoms with E-state index in [0.29, 0.717) is 12.3 Å². The van der Waals surface area contributed by atoms with Crippen LogP contribution in [0.2, 0.25) is 0 Å². The zero-order valence-corrected chi connectivity index (χ0v) is 16.4. The van der Waals surface area contributed by atoms with Crippen molar-refractivity contribution in [3.63, 3.8) is 0 Å². The highest BCUT2D eigenvalue weighted by Crippen LogP contribution is 2.34. The number of hydrogen-bond acceptors (Lipinski definition) is 7. The van der Waals surface area contributed by atoms with Gasteiger partial charge in [0.15, 0.2) is 6.61 Å². The number of carbonyl (C=O) groups excluding carboxylic acids is 2. The molecule has 0 radical (unpaired) electrons. The van der Waals surface area contributed by atoms with E-state index < -0.39 is 5.97 Å². The Kier molecular flexibility index (Phi) is 5.81. The number of thiophene rings is 1. The Morgan fingerprint density at radius 1 is 1.17 bits per heavy atom. The Balaban J connectivity index is 1.40. The van der Waals surface area contributed by atoms with Gasteiger partial charge in [-0.2, -0.15) is 0 Å². The SMILES string of the molecule is O=C(OCC(=O)N1CCCC1c1cccs1)c1cccnc1Oc1cccnc1. The topological polar surface area (TPSA) is 81.6 Å². The predicted molar refractivity (Wildman–Crippen MR) is 107 cm³/mol. The number of ether oxygens (including phenoxy) is 2. The average Bonchev–Trinajstić information content (AvgIpc) is 3.44. The van der Waals surface area contributed by atoms with Crippen LogP contribution >= 0.6 is 11.3 Å². The van der Waals surface area contributed by atoms with E-state index in [1.54, 1.807) is 46.7 Å². The number of rotatable bonds is 6. The maximum absolute atomic E-state index is 12.7. The first-order valence-corrected chi connectivity index (χ1v) is 10.1. The molecule has 1 amide bonds. The van der Waals surface area contributed by atoms with Crippen molar-refractivity contribution in [2.45, 2.75) is 18.9 Å². The van der Waals surface area contributed by atoms with Crippen LogP contribution in [0.25, 0.3) is 0 Å². The van der Waals surface area contributed by atoms with E-state index in [1.807, 2.05) is 17.5 Å². The van der Waals surface area contributed by atoms with Gasteiger partial charge in [0.1, 0.15) is 11.3 Å². The zero-order chi connectivity index (χ0) is 20.1. The summed E-state index contributed by atoms with van der Waals surface area (Å²) in [4.78, 5) is 36.2. The molecule has 1 aliphatic rings. The van der Waals surface area contributed by atoms with Gasteiger partial charge in [0.05, 0.1) is 12.2 Å². The van der Waals surface area contributed by atoms with Crippen molar-refractivity contribution in [1.82, 2.24) is 14.9 Å². The van der Waals surface area contributed by atoms with Crippen molar-refractivity contribution in [1.29, 1.82) is 0 Å². The fraction of sp³-hybridized carbons (Fsp3) is 0.238. The molecule has 0 N–H and O–H groups in total. The highest BCUT2D eigenvalue weighted by molar-refractivity contribution is 7.10. The number of hydrogen-bond donors (Lipinski definition) is 0. The number of nitrogens with zero attached hydrogens (tertiary/aromatic N) is 3. The zero-order valence-electron chi connectivity index (χ0n) is 15.6. The molecule has 0 aliphatic carbocycles. The highest BCUT2D eigenvalue weighted by atomic mass is 32.1. The van der Waals surface area contributed by atoms with Gasteiger partial charge in [-0.1, -0.05) is 6.07 Å². The minimum atomic E-state index is -0.655. The molecule has 0 spiro atoms. The van der Waals surface area contributed by atoms with E-state index in [0.717, 1.165) is 17.7 Å². The maximum atomic E-state index is 12.7. The number of pyridine rings is 2. The summed E-state index contributed by atoms with van der Waals surface area (Å²) in [5.74, 6) is -0.298. The summed E-state index contributed by atoms with van der Waals surface area (Å²) in [6.07, 6.45) is 6.52. The Labute approximate surface area is 171 Å². The third kappa shape index (κ3) is 4.43. The van der Waals surface area contributed by atoms with Crippen molar-refractivity contribution in [2.75, 3.05) is 13.2 Å². The summed E-state index contributed by atoms with van der Waals surface area (Å²) >= 11 is 1.63. The van der Waals surface area contributed by atoms with E-state index >= 15 is 0 Å². The standard InChI is InChI=1S/C21H19N3O4S/c25-19(24-11-3-7-17(24)18-8-4-12-29-18)14-27-21(26)16-6-2-10-23-20(16)28-15-5-1-9-22-13-15/h1-2,4-6,8-10,12-13,17H,3,7,11,14H2. The van der Waals surface area contributed by atoms with Gasteiger partial charge in [0.25, 0.3) is 5.91 Å². The molecule has 7 nitrogen and oxygen atoms in total. The third-order valence-electron chi connectivity index (χ3n) is 4.61. The predicted octanol–water partition coefficient (Wildman–Crippen LogP) is 3.85. The first-order valence-electron chi connectivity index (χ1n) is 9.25. The third-order valence-corrected chi connectivity index (χ3v) is 5.59. The molecule has 1 atom stereocenters. The van der Waals surface area contributed by atoms with Gasteiger partial charge in [-0.15, -0.1) is 11.3 Å². The fourth-order valence-electron chi connectivity index (χ4n) is 3.28. The van der Waals surface area contributed by atoms with Crippen LogP contribution in [0.1, 0.15) is 34.1 Å². The number of esters is 1. The number of aromatic nitrogens is 2. The van der Waals surface area contributed by atoms with E-state index in [4.69, 9.17) is 9.47 Å². The molecule has 1 saturated heterocycles. The summed E-state index contributed by atoms with van der Waals surface area (Å²) in [5, 5.41) is 2.00. The van der Waals surface area contributed by atoms with Crippen molar-refractivity contribution in [2.24, 2.45) is 0 Å². The lowest BCUT2D eigenvalue weighted by Gasteiger charge is -2.23. The van der Waals surface area contributed by atoms with Crippen LogP contribution in [0.3, 0.4) is 0 Å². The lowest BCUT2D eigenvalue weighted by atomic mass is 10.2. The second-order valence-corrected chi connectivity index (χ2v) is 7.46. The van der Waals surface area contributed by atoms with Gasteiger partial charge in [0.2, 0.25) is 5.88 Å². The summed E-state index contributed by atoms with van der Waals surface area (Å²) in [7, 11) is 0. The maximum Gasteiger partial charge on any atom is 0.344 e. The van der Waals surface area contributed by atoms with Gasteiger partial charge >= 0.3 is 5.97 Å². The van der Waals surface area contributed by atoms with Crippen molar-refractivity contribution < 1.29 is 19.1 Å². The Morgan fingerprint density at radius 3 is 2.86 bits per heavy atom. The molecule has 1 unspecified atom stereocenters. The Morgan fingerprint density at radius 2 is 2.07 bits per heavy atom. The molecule has 3 aromatic rings. The molecule has 1 fully saturated rings. The molecule has 8 heteroatoms. The van der Waals surface area contributed by atoms with E-state index in [9.17, 15) is 9.59 Å². The molecular weight excluding hydrogens is 390 g/mol. The minimum Gasteiger partial charge on any atom is -0.452 e. The number of amides is 1. The average molecular weight is 409 g/mol. The quantitative estimate of drug-likeness (QED) is 0.575. The first-order chi connectivity index (χ1) is 14.2. The van der Waals surface area contributed by atoms with Crippen LogP contribution in [0.5, 0.6) is 11.6 Å². The second kappa shape index (κ2) is 8.83. The van der Waals surface area contributed by atoms with E-state index in [-0.39, 0.29) is 30.0 Å². The van der Waals surface area contributed by atoms with Crippen LogP contribution in [-0.2, 0) is 9.53 Å². The molecule has 4 heterocycles. The summed E-state index contributed by atoms with van der Waals surface area (Å²) < 4.78 is 10.9. The van der Waals surface area contributed by atoms with Crippen molar-refractivity contribution >= 4 is 23.2 Å². The van der Waals surface area contributed by atoms with Crippen LogP contribution in [-0.4, -0.2) is 39.9 Å². The van der Waals surface area contributed by atoms with E-state index in [2.05, 4.69) is 9.97 Å². The summed E-state index contributed by atoms with van der Waals surface area (Å²) in [5.41, 5.74) is 0.153. The van der Waals surface area contributed by atoms with Gasteiger partial charge in [0, 0.05) is 23.8 Å². The van der Waals surface area contributed by atoms with Gasteiger partial charge < -0.3 is 14.4 Å². The molecule has 1 aliphatic heterocycles. The first kappa shape index (κ1) is 19.1. The molecular formula is C21H19N3O4S. The van der Waals surface area contributed by atoms with Crippen LogP contribution < -0.4 is 4.74 Å². The van der Waals surface area contributed by atoms with Gasteiger partial charge in [-0.05, 0) is 48.6 Å². The molecule has 3 aromatic heterocycles. The normalized spacial score (nSPS) is 15.9. The molecule has 29 heavy (non-hydrogen) atoms. The van der Waals surface area contributed by atoms with Crippen LogP contribution in [0.15, 0.2) is 60.4 Å². The molecule has 0 saturated carbocycles. The lowest BCUT2D eigenvalue weighted by molar-refractivity contribution is -0.135. The highest BCUT2D eigenvalue weighted by Gasteiger charge is 2.31. The second-order valence-electron chi connectivity index (χ2n) is 6.48.